The maximum absolute atomic E-state index is 5.92. The van der Waals surface area contributed by atoms with Gasteiger partial charge in [-0.05, 0) is 51.6 Å². The molecule has 1 aliphatic heterocycles. The molecule has 1 saturated heterocycles. The van der Waals surface area contributed by atoms with Crippen molar-refractivity contribution in [1.29, 1.82) is 0 Å². The van der Waals surface area contributed by atoms with Crippen LogP contribution in [0.2, 0.25) is 0 Å². The van der Waals surface area contributed by atoms with E-state index < -0.39 is 0 Å². The monoisotopic (exact) mass is 276 g/mol. The molecule has 0 radical (unpaired) electrons. The van der Waals surface area contributed by atoms with E-state index in [1.807, 2.05) is 12.1 Å². The first kappa shape index (κ1) is 14.7. The Balaban J connectivity index is 2.04. The van der Waals surface area contributed by atoms with Crippen LogP contribution in [0.4, 0.5) is 0 Å². The molecule has 0 aliphatic carbocycles. The van der Waals surface area contributed by atoms with Crippen LogP contribution < -0.4 is 0 Å². The third-order valence-electron chi connectivity index (χ3n) is 3.83. The minimum atomic E-state index is -0.273. The first-order valence-corrected chi connectivity index (χ1v) is 7.74. The van der Waals surface area contributed by atoms with Crippen molar-refractivity contribution in [2.24, 2.45) is 0 Å². The highest BCUT2D eigenvalue weighted by atomic mass is 32.2. The molecule has 1 aromatic rings. The summed E-state index contributed by atoms with van der Waals surface area (Å²) < 4.78 is 11.8. The van der Waals surface area contributed by atoms with Crippen LogP contribution in [0.25, 0.3) is 6.08 Å². The summed E-state index contributed by atoms with van der Waals surface area (Å²) >= 11 is 1.75. The number of hydrogen-bond acceptors (Lipinski definition) is 3. The van der Waals surface area contributed by atoms with Crippen molar-refractivity contribution in [2.75, 3.05) is 6.26 Å². The Kier molecular flexibility index (Phi) is 4.14. The van der Waals surface area contributed by atoms with E-state index in [9.17, 15) is 0 Å². The van der Waals surface area contributed by atoms with Gasteiger partial charge in [-0.2, -0.15) is 0 Å². The molecule has 0 spiro atoms. The molecule has 0 atom stereocenters. The predicted octanol–water partition coefficient (Wildman–Crippen LogP) is 4.05. The lowest BCUT2D eigenvalue weighted by Crippen LogP contribution is -2.41. The maximum atomic E-state index is 5.92. The maximum Gasteiger partial charge on any atom is 0.487 e. The van der Waals surface area contributed by atoms with Crippen LogP contribution in [0.3, 0.4) is 0 Å². The molecular formula is C15H21BO2S. The van der Waals surface area contributed by atoms with Crippen LogP contribution in [0.1, 0.15) is 33.3 Å². The molecule has 1 fully saturated rings. The molecule has 0 bridgehead atoms. The van der Waals surface area contributed by atoms with Crippen molar-refractivity contribution in [3.05, 3.63) is 35.8 Å². The molecule has 2 rings (SSSR count). The minimum Gasteiger partial charge on any atom is -0.400 e. The molecule has 1 aromatic carbocycles. The summed E-state index contributed by atoms with van der Waals surface area (Å²) in [7, 11) is -0.273. The van der Waals surface area contributed by atoms with Crippen LogP contribution in [0.15, 0.2) is 35.1 Å². The molecule has 0 aromatic heterocycles. The average Bonchev–Trinajstić information content (AvgIpc) is 2.56. The lowest BCUT2D eigenvalue weighted by atomic mass is 9.89. The number of rotatable bonds is 3. The second-order valence-corrected chi connectivity index (χ2v) is 6.64. The lowest BCUT2D eigenvalue weighted by Gasteiger charge is -2.32. The largest absolute Gasteiger partial charge is 0.487 e. The van der Waals surface area contributed by atoms with E-state index in [2.05, 4.69) is 58.2 Å². The van der Waals surface area contributed by atoms with Gasteiger partial charge in [0.25, 0.3) is 0 Å². The van der Waals surface area contributed by atoms with Crippen molar-refractivity contribution in [3.63, 3.8) is 0 Å². The second kappa shape index (κ2) is 5.35. The van der Waals surface area contributed by atoms with E-state index >= 15 is 0 Å². The topological polar surface area (TPSA) is 18.5 Å². The molecule has 2 nitrogen and oxygen atoms in total. The number of hydrogen-bond donors (Lipinski definition) is 0. The van der Waals surface area contributed by atoms with Crippen LogP contribution >= 0.6 is 11.8 Å². The van der Waals surface area contributed by atoms with E-state index in [1.54, 1.807) is 11.8 Å². The van der Waals surface area contributed by atoms with Crippen molar-refractivity contribution in [1.82, 2.24) is 0 Å². The van der Waals surface area contributed by atoms with E-state index in [0.29, 0.717) is 0 Å². The summed E-state index contributed by atoms with van der Waals surface area (Å²) in [5.74, 6) is 1.98. The van der Waals surface area contributed by atoms with Gasteiger partial charge in [0.05, 0.1) is 11.2 Å². The average molecular weight is 276 g/mol. The van der Waals surface area contributed by atoms with Gasteiger partial charge in [-0.1, -0.05) is 24.2 Å². The van der Waals surface area contributed by atoms with Gasteiger partial charge in [-0.15, -0.1) is 11.8 Å². The van der Waals surface area contributed by atoms with E-state index in [-0.39, 0.29) is 18.3 Å². The first-order chi connectivity index (χ1) is 8.84. The summed E-state index contributed by atoms with van der Waals surface area (Å²) in [4.78, 5) is 1.27. The van der Waals surface area contributed by atoms with Gasteiger partial charge in [0.2, 0.25) is 0 Å². The zero-order chi connectivity index (χ0) is 14.1. The normalized spacial score (nSPS) is 21.2. The van der Waals surface area contributed by atoms with Gasteiger partial charge in [-0.3, -0.25) is 0 Å². The minimum absolute atomic E-state index is 0.273. The Morgan fingerprint density at radius 2 is 1.53 bits per heavy atom. The molecule has 0 unspecified atom stereocenters. The summed E-state index contributed by atoms with van der Waals surface area (Å²) in [6.07, 6.45) is 4.13. The zero-order valence-electron chi connectivity index (χ0n) is 12.3. The van der Waals surface area contributed by atoms with E-state index in [0.717, 1.165) is 5.56 Å². The third-order valence-corrected chi connectivity index (χ3v) is 4.58. The Morgan fingerprint density at radius 3 is 2.00 bits per heavy atom. The molecule has 0 amide bonds. The smallest absolute Gasteiger partial charge is 0.400 e. The Hall–Kier alpha value is -0.705. The van der Waals surface area contributed by atoms with Gasteiger partial charge in [0, 0.05) is 4.90 Å². The van der Waals surface area contributed by atoms with Crippen molar-refractivity contribution < 1.29 is 9.31 Å². The third kappa shape index (κ3) is 3.25. The molecular weight excluding hydrogens is 255 g/mol. The van der Waals surface area contributed by atoms with Gasteiger partial charge < -0.3 is 9.31 Å². The molecule has 0 N–H and O–H groups in total. The zero-order valence-corrected chi connectivity index (χ0v) is 13.1. The number of benzene rings is 1. The molecule has 1 heterocycles. The van der Waals surface area contributed by atoms with Crippen molar-refractivity contribution >= 4 is 25.0 Å². The lowest BCUT2D eigenvalue weighted by molar-refractivity contribution is 0.00578. The standard InChI is InChI=1S/C15H21BO2S/c1-14(2)15(3,4)18-16(17-14)11-10-12-6-8-13(19-5)9-7-12/h6-11H,1-5H3/b11-10-. The van der Waals surface area contributed by atoms with Gasteiger partial charge in [0.1, 0.15) is 0 Å². The van der Waals surface area contributed by atoms with Gasteiger partial charge in [0.15, 0.2) is 0 Å². The molecule has 4 heteroatoms. The Morgan fingerprint density at radius 1 is 1.00 bits per heavy atom. The summed E-state index contributed by atoms with van der Waals surface area (Å²) in [6.45, 7) is 8.25. The van der Waals surface area contributed by atoms with Crippen LogP contribution in [-0.2, 0) is 9.31 Å². The van der Waals surface area contributed by atoms with Crippen LogP contribution in [-0.4, -0.2) is 24.6 Å². The van der Waals surface area contributed by atoms with Crippen molar-refractivity contribution in [2.45, 2.75) is 43.8 Å². The summed E-state index contributed by atoms with van der Waals surface area (Å²) in [6, 6.07) is 8.45. The highest BCUT2D eigenvalue weighted by Gasteiger charge is 2.49. The van der Waals surface area contributed by atoms with Crippen molar-refractivity contribution in [3.8, 4) is 0 Å². The highest BCUT2D eigenvalue weighted by molar-refractivity contribution is 7.98. The fraction of sp³-hybridized carbons (Fsp3) is 0.467. The molecule has 102 valence electrons. The highest BCUT2D eigenvalue weighted by Crippen LogP contribution is 2.37. The number of thioether (sulfide) groups is 1. The van der Waals surface area contributed by atoms with E-state index in [4.69, 9.17) is 9.31 Å². The molecule has 0 saturated carbocycles. The first-order valence-electron chi connectivity index (χ1n) is 6.52. The SMILES string of the molecule is CSc1ccc(/C=C\B2OC(C)(C)C(C)(C)O2)cc1. The van der Waals surface area contributed by atoms with Crippen LogP contribution in [0.5, 0.6) is 0 Å². The summed E-state index contributed by atoms with van der Waals surface area (Å²) in [5.41, 5.74) is 0.614. The van der Waals surface area contributed by atoms with E-state index in [1.165, 1.54) is 4.90 Å². The summed E-state index contributed by atoms with van der Waals surface area (Å²) in [5, 5.41) is 0. The Bertz CT molecular complexity index is 450. The Labute approximate surface area is 120 Å². The fourth-order valence-corrected chi connectivity index (χ4v) is 2.28. The van der Waals surface area contributed by atoms with Gasteiger partial charge >= 0.3 is 7.12 Å². The quantitative estimate of drug-likeness (QED) is 0.613. The van der Waals surface area contributed by atoms with Crippen LogP contribution in [0, 0.1) is 0 Å². The van der Waals surface area contributed by atoms with Gasteiger partial charge in [-0.25, -0.2) is 0 Å². The predicted molar refractivity (Wildman–Crippen MR) is 83.3 cm³/mol. The fourth-order valence-electron chi connectivity index (χ4n) is 1.87. The molecule has 1 aliphatic rings. The second-order valence-electron chi connectivity index (χ2n) is 5.76. The molecule has 19 heavy (non-hydrogen) atoms.